The number of aliphatic carboxylic acids is 1. The first-order chi connectivity index (χ1) is 17.6. The van der Waals surface area contributed by atoms with Crippen molar-refractivity contribution < 1.29 is 37.3 Å². The molecule has 2 aliphatic heterocycles. The van der Waals surface area contributed by atoms with Gasteiger partial charge in [0.15, 0.2) is 0 Å². The molecule has 0 spiro atoms. The molecular formula is C27H28F3NO5S. The SMILES string of the molecule is C=C(C(=O)N1CCC[C@@H](C(=O)O)C1)c1ccc(SC2COCC(Cc3ccccc3)O2)c(C(F)(F)F)c1. The van der Waals surface area contributed by atoms with E-state index < -0.39 is 35.0 Å². The Bertz CT molecular complexity index is 1140. The number of benzene rings is 2. The van der Waals surface area contributed by atoms with E-state index in [1.807, 2.05) is 30.3 Å². The molecule has 198 valence electrons. The van der Waals surface area contributed by atoms with E-state index >= 15 is 0 Å². The van der Waals surface area contributed by atoms with Gasteiger partial charge in [-0.2, -0.15) is 13.2 Å². The second-order valence-electron chi connectivity index (χ2n) is 9.15. The maximum atomic E-state index is 14.0. The average Bonchev–Trinajstić information content (AvgIpc) is 2.88. The highest BCUT2D eigenvalue weighted by Crippen LogP contribution is 2.41. The number of ether oxygens (including phenoxy) is 2. The number of piperidine rings is 1. The van der Waals surface area contributed by atoms with Gasteiger partial charge in [0.2, 0.25) is 0 Å². The van der Waals surface area contributed by atoms with Crippen LogP contribution in [0.2, 0.25) is 0 Å². The van der Waals surface area contributed by atoms with Gasteiger partial charge in [0, 0.05) is 30.0 Å². The standard InChI is InChI=1S/C27H28F3NO5S/c1-17(25(32)31-11-5-8-20(14-31)26(33)34)19-9-10-23(22(13-19)27(28,29)30)37-24-16-35-15-21(36-24)12-18-6-3-2-4-7-18/h2-4,6-7,9-10,13,20-21,24H,1,5,8,11-12,14-16H2,(H,33,34)/t20-,21?,24?/m1/s1. The van der Waals surface area contributed by atoms with Crippen LogP contribution >= 0.6 is 11.8 Å². The molecular weight excluding hydrogens is 507 g/mol. The van der Waals surface area contributed by atoms with Crippen LogP contribution in [0.1, 0.15) is 29.5 Å². The van der Waals surface area contributed by atoms with E-state index in [1.165, 1.54) is 17.0 Å². The van der Waals surface area contributed by atoms with Crippen LogP contribution in [0.15, 0.2) is 60.0 Å². The summed E-state index contributed by atoms with van der Waals surface area (Å²) in [5, 5.41) is 9.27. The fourth-order valence-corrected chi connectivity index (χ4v) is 5.60. The maximum absolute atomic E-state index is 14.0. The average molecular weight is 536 g/mol. The quantitative estimate of drug-likeness (QED) is 0.496. The van der Waals surface area contributed by atoms with Gasteiger partial charge in [-0.25, -0.2) is 0 Å². The van der Waals surface area contributed by atoms with E-state index in [2.05, 4.69) is 6.58 Å². The Kier molecular flexibility index (Phi) is 8.61. The zero-order valence-electron chi connectivity index (χ0n) is 20.1. The first-order valence-corrected chi connectivity index (χ1v) is 12.9. The number of thioether (sulfide) groups is 1. The van der Waals surface area contributed by atoms with Crippen LogP contribution in [0, 0.1) is 5.92 Å². The van der Waals surface area contributed by atoms with Crippen molar-refractivity contribution in [3.8, 4) is 0 Å². The summed E-state index contributed by atoms with van der Waals surface area (Å²) in [4.78, 5) is 25.6. The van der Waals surface area contributed by atoms with Gasteiger partial charge in [-0.15, -0.1) is 0 Å². The van der Waals surface area contributed by atoms with Gasteiger partial charge in [-0.1, -0.05) is 54.7 Å². The number of carboxylic acids is 1. The lowest BCUT2D eigenvalue weighted by molar-refractivity contribution is -0.145. The summed E-state index contributed by atoms with van der Waals surface area (Å²) in [5.41, 5.74) is -0.524. The molecule has 0 aliphatic carbocycles. The number of carbonyl (C=O) groups excluding carboxylic acids is 1. The molecule has 4 rings (SSSR count). The first kappa shape index (κ1) is 27.2. The van der Waals surface area contributed by atoms with E-state index in [9.17, 15) is 27.9 Å². The minimum atomic E-state index is -4.67. The van der Waals surface area contributed by atoms with E-state index in [1.54, 1.807) is 0 Å². The highest BCUT2D eigenvalue weighted by molar-refractivity contribution is 7.99. The van der Waals surface area contributed by atoms with Gasteiger partial charge >= 0.3 is 12.1 Å². The van der Waals surface area contributed by atoms with Crippen LogP contribution in [0.3, 0.4) is 0 Å². The summed E-state index contributed by atoms with van der Waals surface area (Å²) in [6.07, 6.45) is -3.40. The summed E-state index contributed by atoms with van der Waals surface area (Å²) < 4.78 is 53.7. The smallest absolute Gasteiger partial charge is 0.417 e. The molecule has 2 saturated heterocycles. The van der Waals surface area contributed by atoms with Crippen molar-refractivity contribution in [2.24, 2.45) is 5.92 Å². The molecule has 6 nitrogen and oxygen atoms in total. The molecule has 10 heteroatoms. The van der Waals surface area contributed by atoms with Gasteiger partial charge < -0.3 is 19.5 Å². The number of alkyl halides is 3. The minimum absolute atomic E-state index is 0.0103. The minimum Gasteiger partial charge on any atom is -0.481 e. The maximum Gasteiger partial charge on any atom is 0.417 e. The second-order valence-corrected chi connectivity index (χ2v) is 10.3. The Morgan fingerprint density at radius 2 is 1.89 bits per heavy atom. The summed E-state index contributed by atoms with van der Waals surface area (Å²) >= 11 is 0.935. The predicted molar refractivity (Wildman–Crippen MR) is 133 cm³/mol. The lowest BCUT2D eigenvalue weighted by Gasteiger charge is -2.31. The zero-order chi connectivity index (χ0) is 26.6. The Balaban J connectivity index is 1.47. The van der Waals surface area contributed by atoms with Crippen LogP contribution in [0.4, 0.5) is 13.2 Å². The number of amides is 1. The van der Waals surface area contributed by atoms with Crippen molar-refractivity contribution >= 4 is 29.2 Å². The summed E-state index contributed by atoms with van der Waals surface area (Å²) in [6, 6.07) is 13.3. The number of halogens is 3. The predicted octanol–water partition coefficient (Wildman–Crippen LogP) is 5.12. The van der Waals surface area contributed by atoms with E-state index in [-0.39, 0.29) is 35.3 Å². The molecule has 2 aromatic carbocycles. The molecule has 2 unspecified atom stereocenters. The number of carboxylic acid groups (broad SMARTS) is 1. The third kappa shape index (κ3) is 6.94. The highest BCUT2D eigenvalue weighted by Gasteiger charge is 2.36. The zero-order valence-corrected chi connectivity index (χ0v) is 20.9. The molecule has 2 aromatic rings. The van der Waals surface area contributed by atoms with Gasteiger partial charge in [-0.05, 0) is 36.1 Å². The van der Waals surface area contributed by atoms with E-state index in [0.717, 1.165) is 23.4 Å². The number of carbonyl (C=O) groups is 2. The van der Waals surface area contributed by atoms with Crippen LogP contribution in [-0.4, -0.2) is 59.7 Å². The fourth-order valence-electron chi connectivity index (χ4n) is 4.50. The highest BCUT2D eigenvalue weighted by atomic mass is 32.2. The summed E-state index contributed by atoms with van der Waals surface area (Å²) in [6.45, 7) is 4.59. The number of hydrogen-bond acceptors (Lipinski definition) is 5. The molecule has 1 amide bonds. The molecule has 3 atom stereocenters. The molecule has 1 N–H and O–H groups in total. The summed E-state index contributed by atoms with van der Waals surface area (Å²) in [5.74, 6) is -2.26. The van der Waals surface area contributed by atoms with E-state index in [4.69, 9.17) is 9.47 Å². The van der Waals surface area contributed by atoms with Crippen molar-refractivity contribution in [2.75, 3.05) is 26.3 Å². The molecule has 0 radical (unpaired) electrons. The molecule has 0 saturated carbocycles. The van der Waals surface area contributed by atoms with Crippen molar-refractivity contribution in [1.29, 1.82) is 0 Å². The first-order valence-electron chi connectivity index (χ1n) is 12.0. The number of nitrogens with zero attached hydrogens (tertiary/aromatic N) is 1. The number of rotatable bonds is 7. The van der Waals surface area contributed by atoms with Crippen molar-refractivity contribution in [2.45, 2.75) is 41.9 Å². The molecule has 0 aromatic heterocycles. The van der Waals surface area contributed by atoms with Crippen LogP contribution in [-0.2, 0) is 31.7 Å². The number of hydrogen-bond donors (Lipinski definition) is 1. The number of likely N-dealkylation sites (tertiary alicyclic amines) is 1. The van der Waals surface area contributed by atoms with Gasteiger partial charge in [0.25, 0.3) is 5.91 Å². The molecule has 2 aliphatic rings. The molecule has 0 bridgehead atoms. The second kappa shape index (κ2) is 11.7. The fraction of sp³-hybridized carbons (Fsp3) is 0.407. The lowest BCUT2D eigenvalue weighted by Crippen LogP contribution is -2.42. The van der Waals surface area contributed by atoms with Crippen molar-refractivity contribution in [3.63, 3.8) is 0 Å². The van der Waals surface area contributed by atoms with E-state index in [0.29, 0.717) is 32.4 Å². The monoisotopic (exact) mass is 535 g/mol. The summed E-state index contributed by atoms with van der Waals surface area (Å²) in [7, 11) is 0. The normalized spacial score (nSPS) is 22.5. The van der Waals surface area contributed by atoms with Crippen LogP contribution in [0.5, 0.6) is 0 Å². The van der Waals surface area contributed by atoms with Gasteiger partial charge in [0.1, 0.15) is 5.44 Å². The Morgan fingerprint density at radius 3 is 2.59 bits per heavy atom. The van der Waals surface area contributed by atoms with Crippen molar-refractivity contribution in [3.05, 3.63) is 71.8 Å². The largest absolute Gasteiger partial charge is 0.481 e. The lowest BCUT2D eigenvalue weighted by atomic mass is 9.96. The van der Waals surface area contributed by atoms with Gasteiger partial charge in [-0.3, -0.25) is 9.59 Å². The molecule has 2 fully saturated rings. The third-order valence-electron chi connectivity index (χ3n) is 6.42. The topological polar surface area (TPSA) is 76.1 Å². The van der Waals surface area contributed by atoms with Crippen LogP contribution in [0.25, 0.3) is 5.57 Å². The van der Waals surface area contributed by atoms with Gasteiger partial charge in [0.05, 0.1) is 30.8 Å². The Labute approximate surface area is 217 Å². The molecule has 2 heterocycles. The Hall–Kier alpha value is -2.82. The van der Waals surface area contributed by atoms with Crippen molar-refractivity contribution in [1.82, 2.24) is 4.90 Å². The molecule has 37 heavy (non-hydrogen) atoms. The Morgan fingerprint density at radius 1 is 1.14 bits per heavy atom. The third-order valence-corrected chi connectivity index (χ3v) is 7.54. The van der Waals surface area contributed by atoms with Crippen LogP contribution < -0.4 is 0 Å².